The molecule has 2 heteroatoms. The van der Waals surface area contributed by atoms with Crippen molar-refractivity contribution in [2.75, 3.05) is 33.4 Å². The Morgan fingerprint density at radius 3 is 2.62 bits per heavy atom. The maximum absolute atomic E-state index is 5.11. The summed E-state index contributed by atoms with van der Waals surface area (Å²) in [6, 6.07) is 0. The van der Waals surface area contributed by atoms with Crippen LogP contribution in [0.1, 0.15) is 33.1 Å². The third kappa shape index (κ3) is 3.28. The van der Waals surface area contributed by atoms with Gasteiger partial charge in [-0.15, -0.1) is 0 Å². The molecule has 0 aromatic rings. The van der Waals surface area contributed by atoms with Gasteiger partial charge in [-0.3, -0.25) is 0 Å². The molecule has 1 rings (SSSR count). The molecule has 1 fully saturated rings. The third-order valence-electron chi connectivity index (χ3n) is 2.95. The van der Waals surface area contributed by atoms with Gasteiger partial charge in [0.05, 0.1) is 0 Å². The summed E-state index contributed by atoms with van der Waals surface area (Å²) in [5, 5.41) is 0. The molecule has 0 saturated carbocycles. The van der Waals surface area contributed by atoms with Crippen molar-refractivity contribution in [3.63, 3.8) is 0 Å². The largest absolute Gasteiger partial charge is 0.385 e. The Hall–Kier alpha value is -0.0800. The lowest BCUT2D eigenvalue weighted by atomic mass is 9.79. The molecule has 78 valence electrons. The SMILES string of the molecule is CCCCN1CC(C)(CCOC)C1. The van der Waals surface area contributed by atoms with Crippen molar-refractivity contribution < 1.29 is 4.74 Å². The molecule has 1 saturated heterocycles. The van der Waals surface area contributed by atoms with Gasteiger partial charge in [-0.2, -0.15) is 0 Å². The number of hydrogen-bond donors (Lipinski definition) is 0. The molecule has 0 unspecified atom stereocenters. The van der Waals surface area contributed by atoms with E-state index in [1.54, 1.807) is 7.11 Å². The summed E-state index contributed by atoms with van der Waals surface area (Å²) < 4.78 is 5.11. The molecule has 0 bridgehead atoms. The van der Waals surface area contributed by atoms with Crippen molar-refractivity contribution >= 4 is 0 Å². The smallest absolute Gasteiger partial charge is 0.0468 e. The van der Waals surface area contributed by atoms with Gasteiger partial charge in [0, 0.05) is 26.8 Å². The molecule has 1 aliphatic rings. The van der Waals surface area contributed by atoms with E-state index in [0.717, 1.165) is 6.61 Å². The van der Waals surface area contributed by atoms with Crippen LogP contribution in [-0.2, 0) is 4.74 Å². The first-order chi connectivity index (χ1) is 6.20. The lowest BCUT2D eigenvalue weighted by molar-refractivity contribution is -0.00850. The number of unbranched alkanes of at least 4 members (excludes halogenated alkanes) is 1. The zero-order chi connectivity index (χ0) is 9.73. The van der Waals surface area contributed by atoms with Gasteiger partial charge in [-0.1, -0.05) is 20.3 Å². The second-order valence-electron chi connectivity index (χ2n) is 4.62. The number of likely N-dealkylation sites (tertiary alicyclic amines) is 1. The van der Waals surface area contributed by atoms with Crippen LogP contribution in [-0.4, -0.2) is 38.3 Å². The minimum Gasteiger partial charge on any atom is -0.385 e. The first-order valence-corrected chi connectivity index (χ1v) is 5.41. The molecule has 0 N–H and O–H groups in total. The topological polar surface area (TPSA) is 12.5 Å². The van der Waals surface area contributed by atoms with Crippen LogP contribution in [0.4, 0.5) is 0 Å². The van der Waals surface area contributed by atoms with Gasteiger partial charge in [0.1, 0.15) is 0 Å². The van der Waals surface area contributed by atoms with E-state index in [0.29, 0.717) is 5.41 Å². The van der Waals surface area contributed by atoms with E-state index in [2.05, 4.69) is 18.7 Å². The molecule has 13 heavy (non-hydrogen) atoms. The van der Waals surface area contributed by atoms with Gasteiger partial charge in [0.15, 0.2) is 0 Å². The number of nitrogens with zero attached hydrogens (tertiary/aromatic N) is 1. The fourth-order valence-electron chi connectivity index (χ4n) is 2.08. The van der Waals surface area contributed by atoms with Crippen LogP contribution in [0.5, 0.6) is 0 Å². The highest BCUT2D eigenvalue weighted by atomic mass is 16.5. The quantitative estimate of drug-likeness (QED) is 0.628. The van der Waals surface area contributed by atoms with Crippen LogP contribution in [0.3, 0.4) is 0 Å². The van der Waals surface area contributed by atoms with Crippen LogP contribution in [0.25, 0.3) is 0 Å². The summed E-state index contributed by atoms with van der Waals surface area (Å²) in [7, 11) is 1.79. The summed E-state index contributed by atoms with van der Waals surface area (Å²) in [4.78, 5) is 2.55. The summed E-state index contributed by atoms with van der Waals surface area (Å²) >= 11 is 0. The van der Waals surface area contributed by atoms with Gasteiger partial charge < -0.3 is 9.64 Å². The zero-order valence-corrected chi connectivity index (χ0v) is 9.31. The minimum atomic E-state index is 0.545. The zero-order valence-electron chi connectivity index (χ0n) is 9.31. The van der Waals surface area contributed by atoms with Crippen molar-refractivity contribution in [3.8, 4) is 0 Å². The lowest BCUT2D eigenvalue weighted by Gasteiger charge is -2.48. The van der Waals surface area contributed by atoms with Crippen LogP contribution in [0.2, 0.25) is 0 Å². The van der Waals surface area contributed by atoms with Gasteiger partial charge in [0.25, 0.3) is 0 Å². The molecule has 0 atom stereocenters. The second-order valence-corrected chi connectivity index (χ2v) is 4.62. The van der Waals surface area contributed by atoms with E-state index in [9.17, 15) is 0 Å². The van der Waals surface area contributed by atoms with Crippen LogP contribution in [0.15, 0.2) is 0 Å². The Morgan fingerprint density at radius 2 is 2.08 bits per heavy atom. The van der Waals surface area contributed by atoms with E-state index in [-0.39, 0.29) is 0 Å². The van der Waals surface area contributed by atoms with Crippen molar-refractivity contribution in [1.82, 2.24) is 4.90 Å². The number of methoxy groups -OCH3 is 1. The summed E-state index contributed by atoms with van der Waals surface area (Å²) in [5.74, 6) is 0. The standard InChI is InChI=1S/C11H23NO/c1-4-5-7-12-9-11(2,10-12)6-8-13-3/h4-10H2,1-3H3. The van der Waals surface area contributed by atoms with Gasteiger partial charge in [0.2, 0.25) is 0 Å². The minimum absolute atomic E-state index is 0.545. The molecule has 2 nitrogen and oxygen atoms in total. The molecular weight excluding hydrogens is 162 g/mol. The van der Waals surface area contributed by atoms with E-state index in [1.165, 1.54) is 38.9 Å². The normalized spacial score (nSPS) is 21.5. The molecule has 0 amide bonds. The number of hydrogen-bond acceptors (Lipinski definition) is 2. The molecule has 1 aliphatic heterocycles. The maximum Gasteiger partial charge on any atom is 0.0468 e. The maximum atomic E-state index is 5.11. The molecule has 0 aromatic heterocycles. The summed E-state index contributed by atoms with van der Waals surface area (Å²) in [5.41, 5.74) is 0.545. The molecule has 0 aliphatic carbocycles. The fourth-order valence-corrected chi connectivity index (χ4v) is 2.08. The van der Waals surface area contributed by atoms with Crippen LogP contribution < -0.4 is 0 Å². The number of rotatable bonds is 6. The highest BCUT2D eigenvalue weighted by molar-refractivity contribution is 4.90. The third-order valence-corrected chi connectivity index (χ3v) is 2.95. The van der Waals surface area contributed by atoms with Crippen LogP contribution >= 0.6 is 0 Å². The first-order valence-electron chi connectivity index (χ1n) is 5.41. The number of ether oxygens (including phenoxy) is 1. The molecule has 0 spiro atoms. The molecule has 0 aromatic carbocycles. The van der Waals surface area contributed by atoms with E-state index in [4.69, 9.17) is 4.74 Å². The van der Waals surface area contributed by atoms with Crippen LogP contribution in [0, 0.1) is 5.41 Å². The Bertz CT molecular complexity index is 141. The van der Waals surface area contributed by atoms with Crippen molar-refractivity contribution in [2.45, 2.75) is 33.1 Å². The van der Waals surface area contributed by atoms with E-state index >= 15 is 0 Å². The Labute approximate surface area is 82.3 Å². The Balaban J connectivity index is 2.07. The second kappa shape index (κ2) is 4.97. The van der Waals surface area contributed by atoms with E-state index in [1.807, 2.05) is 0 Å². The summed E-state index contributed by atoms with van der Waals surface area (Å²) in [6.45, 7) is 9.38. The van der Waals surface area contributed by atoms with Gasteiger partial charge in [-0.05, 0) is 24.8 Å². The summed E-state index contributed by atoms with van der Waals surface area (Å²) in [6.07, 6.45) is 3.87. The first kappa shape index (κ1) is 11.0. The van der Waals surface area contributed by atoms with Crippen molar-refractivity contribution in [2.24, 2.45) is 5.41 Å². The average molecular weight is 185 g/mol. The predicted octanol–water partition coefficient (Wildman–Crippen LogP) is 2.14. The van der Waals surface area contributed by atoms with Gasteiger partial charge in [-0.25, -0.2) is 0 Å². The van der Waals surface area contributed by atoms with Gasteiger partial charge >= 0.3 is 0 Å². The molecule has 1 heterocycles. The highest BCUT2D eigenvalue weighted by Gasteiger charge is 2.37. The average Bonchev–Trinajstić information content (AvgIpc) is 2.07. The predicted molar refractivity (Wildman–Crippen MR) is 55.9 cm³/mol. The Morgan fingerprint density at radius 1 is 1.38 bits per heavy atom. The lowest BCUT2D eigenvalue weighted by Crippen LogP contribution is -2.55. The highest BCUT2D eigenvalue weighted by Crippen LogP contribution is 2.33. The van der Waals surface area contributed by atoms with E-state index < -0.39 is 0 Å². The fraction of sp³-hybridized carbons (Fsp3) is 1.00. The molecule has 0 radical (unpaired) electrons. The van der Waals surface area contributed by atoms with Crippen molar-refractivity contribution in [1.29, 1.82) is 0 Å². The Kier molecular flexibility index (Phi) is 4.20. The van der Waals surface area contributed by atoms with Crippen molar-refractivity contribution in [3.05, 3.63) is 0 Å². The monoisotopic (exact) mass is 185 g/mol. The molecular formula is C11H23NO.